The summed E-state index contributed by atoms with van der Waals surface area (Å²) in [5.74, 6) is 0. The number of pyridine rings is 1. The molecule has 1 aliphatic rings. The van der Waals surface area contributed by atoms with Crippen molar-refractivity contribution in [3.8, 4) is 6.07 Å². The van der Waals surface area contributed by atoms with Crippen LogP contribution in [0.3, 0.4) is 0 Å². The lowest BCUT2D eigenvalue weighted by Gasteiger charge is -2.13. The molecule has 1 fully saturated rings. The number of nitriles is 1. The lowest BCUT2D eigenvalue weighted by Crippen LogP contribution is -2.45. The van der Waals surface area contributed by atoms with Crippen molar-refractivity contribution in [2.45, 2.75) is 25.9 Å². The molecular weight excluding hydrogens is 388 g/mol. The van der Waals surface area contributed by atoms with Crippen molar-refractivity contribution in [2.24, 2.45) is 0 Å². The van der Waals surface area contributed by atoms with Crippen molar-refractivity contribution in [3.63, 3.8) is 0 Å². The van der Waals surface area contributed by atoms with Gasteiger partial charge < -0.3 is 15.5 Å². The van der Waals surface area contributed by atoms with E-state index in [1.54, 1.807) is 6.92 Å². The number of para-hydroxylation sites is 2. The number of nitrogens with one attached hydrogen (secondary N) is 3. The number of ether oxygens (including phenoxy) is 1. The third-order valence-electron chi connectivity index (χ3n) is 5.03. The molecule has 0 unspecified atom stereocenters. The van der Waals surface area contributed by atoms with E-state index in [2.05, 4.69) is 27.2 Å². The van der Waals surface area contributed by atoms with E-state index in [1.807, 2.05) is 24.3 Å². The molecule has 8 nitrogen and oxygen atoms in total. The van der Waals surface area contributed by atoms with Gasteiger partial charge in [-0.3, -0.25) is 14.6 Å². The van der Waals surface area contributed by atoms with Crippen LogP contribution < -0.4 is 26.9 Å². The average molecular weight is 408 g/mol. The van der Waals surface area contributed by atoms with Crippen molar-refractivity contribution < 1.29 is 4.74 Å². The van der Waals surface area contributed by atoms with Crippen LogP contribution in [0.4, 0.5) is 0 Å². The summed E-state index contributed by atoms with van der Waals surface area (Å²) in [7, 11) is 0. The summed E-state index contributed by atoms with van der Waals surface area (Å²) in [6.07, 6.45) is 3.78. The molecular formula is C20H20N6O2S. The zero-order valence-electron chi connectivity index (χ0n) is 15.9. The van der Waals surface area contributed by atoms with Crippen LogP contribution in [0.1, 0.15) is 24.0 Å². The molecule has 9 heteroatoms. The third-order valence-corrected chi connectivity index (χ3v) is 5.27. The van der Waals surface area contributed by atoms with E-state index in [0.29, 0.717) is 44.7 Å². The first-order chi connectivity index (χ1) is 14.1. The molecule has 1 saturated heterocycles. The number of imidazole rings is 1. The molecule has 4 rings (SSSR count). The Labute approximate surface area is 172 Å². The third kappa shape index (κ3) is 3.60. The van der Waals surface area contributed by atoms with Gasteiger partial charge in [0.1, 0.15) is 6.07 Å². The van der Waals surface area contributed by atoms with Crippen LogP contribution in [0.25, 0.3) is 22.9 Å². The van der Waals surface area contributed by atoms with Crippen molar-refractivity contribution >= 4 is 40.2 Å². The first kappa shape index (κ1) is 19.1. The lowest BCUT2D eigenvalue weighted by molar-refractivity contribution is 0.114. The van der Waals surface area contributed by atoms with E-state index >= 15 is 0 Å². The molecule has 1 aromatic carbocycles. The molecule has 3 heterocycles. The Morgan fingerprint density at radius 3 is 3.07 bits per heavy atom. The molecule has 0 radical (unpaired) electrons. The Morgan fingerprint density at radius 2 is 2.31 bits per heavy atom. The van der Waals surface area contributed by atoms with Crippen molar-refractivity contribution in [1.29, 1.82) is 5.26 Å². The average Bonchev–Trinajstić information content (AvgIpc) is 3.37. The number of aromatic nitrogens is 2. The standard InChI is InChI=1S/C20H20N6O2S/c1-12-14(9-21)18-24-16-6-2-3-7-17(16)26(18)19(27)15(12)11-23-25-20(29)22-10-13-5-4-8-28-13/h2-3,6-7,11,13,23H,4-5,8,10H2,1H3,(H2,22,25,29)/t13-/m1/s1. The number of rotatable bonds is 4. The maximum Gasteiger partial charge on any atom is 0.265 e. The molecule has 0 saturated carbocycles. The number of hydrogen-bond acceptors (Lipinski definition) is 6. The minimum atomic E-state index is -0.252. The Bertz CT molecular complexity index is 1240. The van der Waals surface area contributed by atoms with E-state index in [-0.39, 0.29) is 11.7 Å². The predicted molar refractivity (Wildman–Crippen MR) is 114 cm³/mol. The van der Waals surface area contributed by atoms with Crippen LogP contribution in [0.15, 0.2) is 29.1 Å². The highest BCUT2D eigenvalue weighted by atomic mass is 32.1. The largest absolute Gasteiger partial charge is 0.376 e. The molecule has 2 aromatic heterocycles. The Hall–Kier alpha value is -3.22. The first-order valence-electron chi connectivity index (χ1n) is 9.35. The fourth-order valence-corrected chi connectivity index (χ4v) is 3.66. The topological polar surface area (TPSA) is 103 Å². The van der Waals surface area contributed by atoms with Gasteiger partial charge in [-0.1, -0.05) is 12.1 Å². The van der Waals surface area contributed by atoms with Gasteiger partial charge in [0.05, 0.1) is 27.9 Å². The summed E-state index contributed by atoms with van der Waals surface area (Å²) >= 11 is 5.24. The summed E-state index contributed by atoms with van der Waals surface area (Å²) in [6, 6.07) is 9.49. The van der Waals surface area contributed by atoms with Crippen LogP contribution in [0.5, 0.6) is 0 Å². The van der Waals surface area contributed by atoms with Crippen LogP contribution in [0.2, 0.25) is 0 Å². The lowest BCUT2D eigenvalue weighted by atomic mass is 10.1. The van der Waals surface area contributed by atoms with Crippen molar-refractivity contribution in [3.05, 3.63) is 51.0 Å². The fourth-order valence-electron chi connectivity index (χ4n) is 3.52. The zero-order chi connectivity index (χ0) is 20.4. The van der Waals surface area contributed by atoms with E-state index in [9.17, 15) is 10.1 Å². The number of fused-ring (bicyclic) bond motifs is 3. The van der Waals surface area contributed by atoms with E-state index in [0.717, 1.165) is 19.4 Å². The highest BCUT2D eigenvalue weighted by molar-refractivity contribution is 7.80. The Morgan fingerprint density at radius 1 is 1.48 bits per heavy atom. The minimum absolute atomic E-state index is 0.171. The van der Waals surface area contributed by atoms with Crippen molar-refractivity contribution in [1.82, 2.24) is 25.6 Å². The SMILES string of the molecule is Cc1c(C#N)c2nc3ccccc3n2c(=O)c1=CNNC(=S)NC[C@H]1CCCO1. The van der Waals surface area contributed by atoms with Crippen LogP contribution in [0, 0.1) is 18.3 Å². The van der Waals surface area contributed by atoms with Crippen LogP contribution in [-0.4, -0.2) is 33.8 Å². The van der Waals surface area contributed by atoms with Gasteiger partial charge >= 0.3 is 0 Å². The highest BCUT2D eigenvalue weighted by Crippen LogP contribution is 2.17. The summed E-state index contributed by atoms with van der Waals surface area (Å²) in [5.41, 5.74) is 8.08. The molecule has 148 valence electrons. The van der Waals surface area contributed by atoms with Crippen LogP contribution in [-0.2, 0) is 4.74 Å². The monoisotopic (exact) mass is 408 g/mol. The van der Waals surface area contributed by atoms with Gasteiger partial charge in [0.2, 0.25) is 0 Å². The summed E-state index contributed by atoms with van der Waals surface area (Å²) in [5, 5.41) is 13.5. The van der Waals surface area contributed by atoms with Gasteiger partial charge in [0.15, 0.2) is 10.8 Å². The minimum Gasteiger partial charge on any atom is -0.376 e. The summed E-state index contributed by atoms with van der Waals surface area (Å²) < 4.78 is 7.02. The summed E-state index contributed by atoms with van der Waals surface area (Å²) in [4.78, 5) is 17.6. The fraction of sp³-hybridized carbons (Fsp3) is 0.300. The van der Waals surface area contributed by atoms with Gasteiger partial charge in [-0.25, -0.2) is 4.98 Å². The van der Waals surface area contributed by atoms with Gasteiger partial charge in [0, 0.05) is 19.4 Å². The second-order valence-corrected chi connectivity index (χ2v) is 7.26. The van der Waals surface area contributed by atoms with Crippen molar-refractivity contribution in [2.75, 3.05) is 13.2 Å². The van der Waals surface area contributed by atoms with Gasteiger partial charge in [-0.05, 0) is 49.7 Å². The molecule has 1 aliphatic heterocycles. The zero-order valence-corrected chi connectivity index (χ0v) is 16.7. The number of hydrazine groups is 1. The second kappa shape index (κ2) is 8.03. The molecule has 1 atom stereocenters. The normalized spacial score (nSPS) is 16.8. The number of nitrogens with zero attached hydrogens (tertiary/aromatic N) is 3. The highest BCUT2D eigenvalue weighted by Gasteiger charge is 2.16. The molecule has 3 N–H and O–H groups in total. The van der Waals surface area contributed by atoms with Gasteiger partial charge in [0.25, 0.3) is 5.56 Å². The number of benzene rings is 1. The smallest absolute Gasteiger partial charge is 0.265 e. The Kier molecular flexibility index (Phi) is 5.29. The van der Waals surface area contributed by atoms with Gasteiger partial charge in [-0.15, -0.1) is 0 Å². The quantitative estimate of drug-likeness (QED) is 0.427. The molecule has 0 bridgehead atoms. The number of thiocarbonyl (C=S) groups is 1. The molecule has 29 heavy (non-hydrogen) atoms. The maximum absolute atomic E-state index is 13.1. The number of hydrogen-bond donors (Lipinski definition) is 3. The van der Waals surface area contributed by atoms with E-state index < -0.39 is 0 Å². The summed E-state index contributed by atoms with van der Waals surface area (Å²) in [6.45, 7) is 3.16. The predicted octanol–water partition coefficient (Wildman–Crippen LogP) is 0.632. The maximum atomic E-state index is 13.1. The van der Waals surface area contributed by atoms with Crippen LogP contribution >= 0.6 is 12.2 Å². The van der Waals surface area contributed by atoms with Gasteiger partial charge in [-0.2, -0.15) is 5.26 Å². The molecule has 0 aliphatic carbocycles. The molecule has 0 spiro atoms. The first-order valence-corrected chi connectivity index (χ1v) is 9.76. The Balaban J connectivity index is 1.62. The molecule has 3 aromatic rings. The second-order valence-electron chi connectivity index (χ2n) is 6.85. The van der Waals surface area contributed by atoms with E-state index in [4.69, 9.17) is 17.0 Å². The van der Waals surface area contributed by atoms with E-state index in [1.165, 1.54) is 10.6 Å². The molecule has 0 amide bonds.